The van der Waals surface area contributed by atoms with Crippen molar-refractivity contribution in [1.29, 1.82) is 0 Å². The molecule has 0 spiro atoms. The van der Waals surface area contributed by atoms with Crippen LogP contribution in [0.15, 0.2) is 29.3 Å². The van der Waals surface area contributed by atoms with Crippen LogP contribution in [0.1, 0.15) is 45.2 Å². The van der Waals surface area contributed by atoms with Crippen LogP contribution in [0.2, 0.25) is 0 Å². The molecule has 0 saturated carbocycles. The van der Waals surface area contributed by atoms with Crippen molar-refractivity contribution < 1.29 is 8.78 Å². The van der Waals surface area contributed by atoms with Gasteiger partial charge in [-0.15, -0.1) is 0 Å². The molecule has 1 aromatic rings. The van der Waals surface area contributed by atoms with Gasteiger partial charge in [0.1, 0.15) is 6.04 Å². The lowest BCUT2D eigenvalue weighted by Gasteiger charge is -2.20. The molecular formula is C17H28F2N4. The molecule has 6 heteroatoms. The molecule has 1 rings (SSSR count). The van der Waals surface area contributed by atoms with Crippen molar-refractivity contribution in [2.75, 3.05) is 6.54 Å². The third kappa shape index (κ3) is 6.95. The van der Waals surface area contributed by atoms with Crippen LogP contribution in [-0.2, 0) is 12.0 Å². The first-order valence-corrected chi connectivity index (χ1v) is 7.77. The van der Waals surface area contributed by atoms with E-state index in [4.69, 9.17) is 11.5 Å². The number of nitrogens with one attached hydrogen (secondary N) is 1. The Morgan fingerprint density at radius 1 is 1.13 bits per heavy atom. The number of halogens is 2. The minimum Gasteiger partial charge on any atom is -0.370 e. The van der Waals surface area contributed by atoms with E-state index in [1.807, 2.05) is 0 Å². The molecule has 0 amide bonds. The minimum atomic E-state index is -2.94. The maximum Gasteiger partial charge on any atom is 0.267 e. The van der Waals surface area contributed by atoms with Gasteiger partial charge < -0.3 is 16.8 Å². The van der Waals surface area contributed by atoms with Gasteiger partial charge in [0.25, 0.3) is 5.92 Å². The van der Waals surface area contributed by atoms with Gasteiger partial charge in [-0.3, -0.25) is 0 Å². The second kappa shape index (κ2) is 7.73. The summed E-state index contributed by atoms with van der Waals surface area (Å²) in [6.07, 6.45) is 0.168. The molecule has 0 radical (unpaired) electrons. The standard InChI is InChI=1S/C17H28F2N4/c1-16(2,3)13-7-5-12(6-8-13)11-22-10-9-14(17(4,18)19)23-15(20)21/h5-8,14,22H,9-11H2,1-4H3,(H4,20,21,23). The zero-order valence-corrected chi connectivity index (χ0v) is 14.4. The third-order valence-electron chi connectivity index (χ3n) is 3.63. The fourth-order valence-electron chi connectivity index (χ4n) is 2.21. The van der Waals surface area contributed by atoms with E-state index in [1.165, 1.54) is 5.56 Å². The van der Waals surface area contributed by atoms with Crippen molar-refractivity contribution in [3.05, 3.63) is 35.4 Å². The molecule has 1 aromatic carbocycles. The molecule has 4 nitrogen and oxygen atoms in total. The topological polar surface area (TPSA) is 76.4 Å². The number of rotatable bonds is 7. The van der Waals surface area contributed by atoms with E-state index in [0.717, 1.165) is 12.5 Å². The maximum atomic E-state index is 13.4. The number of nitrogens with two attached hydrogens (primary N) is 2. The Morgan fingerprint density at radius 2 is 1.70 bits per heavy atom. The number of benzene rings is 1. The summed E-state index contributed by atoms with van der Waals surface area (Å²) in [5, 5.41) is 3.15. The van der Waals surface area contributed by atoms with Gasteiger partial charge in [0.2, 0.25) is 0 Å². The van der Waals surface area contributed by atoms with Crippen LogP contribution in [0, 0.1) is 0 Å². The smallest absolute Gasteiger partial charge is 0.267 e. The van der Waals surface area contributed by atoms with Gasteiger partial charge in [0.15, 0.2) is 5.96 Å². The highest BCUT2D eigenvalue weighted by atomic mass is 19.3. The largest absolute Gasteiger partial charge is 0.370 e. The summed E-state index contributed by atoms with van der Waals surface area (Å²) in [6.45, 7) is 8.34. The average Bonchev–Trinajstić information content (AvgIpc) is 2.40. The van der Waals surface area contributed by atoms with Crippen molar-refractivity contribution >= 4 is 5.96 Å². The molecule has 5 N–H and O–H groups in total. The normalized spacial score (nSPS) is 13.7. The first-order valence-electron chi connectivity index (χ1n) is 7.77. The summed E-state index contributed by atoms with van der Waals surface area (Å²) in [4.78, 5) is 3.61. The predicted molar refractivity (Wildman–Crippen MR) is 91.7 cm³/mol. The van der Waals surface area contributed by atoms with Crippen LogP contribution >= 0.6 is 0 Å². The summed E-state index contributed by atoms with van der Waals surface area (Å²) >= 11 is 0. The maximum absolute atomic E-state index is 13.4. The monoisotopic (exact) mass is 326 g/mol. The zero-order valence-electron chi connectivity index (χ0n) is 14.4. The first kappa shape index (κ1) is 19.4. The highest BCUT2D eigenvalue weighted by molar-refractivity contribution is 5.75. The van der Waals surface area contributed by atoms with Gasteiger partial charge in [-0.1, -0.05) is 45.0 Å². The molecule has 23 heavy (non-hydrogen) atoms. The molecule has 0 heterocycles. The molecule has 0 bridgehead atoms. The number of alkyl halides is 2. The summed E-state index contributed by atoms with van der Waals surface area (Å²) in [5.74, 6) is -3.26. The molecule has 0 fully saturated rings. The SMILES string of the molecule is CC(C)(C)c1ccc(CNCCC(N=C(N)N)C(C)(F)F)cc1. The molecule has 0 aliphatic rings. The Labute approximate surface area is 137 Å². The van der Waals surface area contributed by atoms with Gasteiger partial charge in [-0.25, -0.2) is 13.8 Å². The molecule has 1 unspecified atom stereocenters. The van der Waals surface area contributed by atoms with E-state index in [1.54, 1.807) is 0 Å². The van der Waals surface area contributed by atoms with Crippen LogP contribution in [0.25, 0.3) is 0 Å². The van der Waals surface area contributed by atoms with Crippen LogP contribution < -0.4 is 16.8 Å². The zero-order chi connectivity index (χ0) is 17.7. The lowest BCUT2D eigenvalue weighted by molar-refractivity contribution is -0.00683. The van der Waals surface area contributed by atoms with Gasteiger partial charge in [0, 0.05) is 13.5 Å². The summed E-state index contributed by atoms with van der Waals surface area (Å²) < 4.78 is 26.8. The van der Waals surface area contributed by atoms with Crippen molar-refractivity contribution in [2.24, 2.45) is 16.5 Å². The lowest BCUT2D eigenvalue weighted by Crippen LogP contribution is -2.36. The van der Waals surface area contributed by atoms with Gasteiger partial charge in [0.05, 0.1) is 0 Å². The Morgan fingerprint density at radius 3 is 2.13 bits per heavy atom. The van der Waals surface area contributed by atoms with Crippen molar-refractivity contribution in [3.8, 4) is 0 Å². The van der Waals surface area contributed by atoms with Crippen molar-refractivity contribution in [2.45, 2.75) is 58.0 Å². The fraction of sp³-hybridized carbons (Fsp3) is 0.588. The van der Waals surface area contributed by atoms with E-state index >= 15 is 0 Å². The number of nitrogens with zero attached hydrogens (tertiary/aromatic N) is 1. The van der Waals surface area contributed by atoms with E-state index in [9.17, 15) is 8.78 Å². The van der Waals surface area contributed by atoms with Crippen molar-refractivity contribution in [1.82, 2.24) is 5.32 Å². The average molecular weight is 326 g/mol. The first-order chi connectivity index (χ1) is 10.5. The number of guanidine groups is 1. The van der Waals surface area contributed by atoms with Crippen LogP contribution in [0.5, 0.6) is 0 Å². The van der Waals surface area contributed by atoms with Gasteiger partial charge >= 0.3 is 0 Å². The lowest BCUT2D eigenvalue weighted by atomic mass is 9.87. The van der Waals surface area contributed by atoms with Gasteiger partial charge in [-0.2, -0.15) is 0 Å². The summed E-state index contributed by atoms with van der Waals surface area (Å²) in [6, 6.07) is 7.09. The Kier molecular flexibility index (Phi) is 6.50. The molecule has 0 aliphatic heterocycles. The molecule has 0 aliphatic carbocycles. The van der Waals surface area contributed by atoms with Crippen LogP contribution in [-0.4, -0.2) is 24.5 Å². The molecular weight excluding hydrogens is 298 g/mol. The van der Waals surface area contributed by atoms with E-state index in [0.29, 0.717) is 13.1 Å². The number of hydrogen-bond acceptors (Lipinski definition) is 2. The van der Waals surface area contributed by atoms with Crippen LogP contribution in [0.3, 0.4) is 0 Å². The second-order valence-electron chi connectivity index (χ2n) is 6.94. The summed E-state index contributed by atoms with van der Waals surface area (Å²) in [5.41, 5.74) is 12.9. The molecule has 1 atom stereocenters. The van der Waals surface area contributed by atoms with Crippen LogP contribution in [0.4, 0.5) is 8.78 Å². The number of aliphatic imine (C=N–C) groups is 1. The van der Waals surface area contributed by atoms with Crippen molar-refractivity contribution in [3.63, 3.8) is 0 Å². The molecule has 0 saturated heterocycles. The predicted octanol–water partition coefficient (Wildman–Crippen LogP) is 2.76. The third-order valence-corrected chi connectivity index (χ3v) is 3.63. The van der Waals surface area contributed by atoms with Gasteiger partial charge in [-0.05, 0) is 29.5 Å². The Balaban J connectivity index is 2.49. The number of hydrogen-bond donors (Lipinski definition) is 3. The van der Waals surface area contributed by atoms with E-state index in [2.05, 4.69) is 55.3 Å². The Bertz CT molecular complexity index is 509. The highest BCUT2D eigenvalue weighted by Gasteiger charge is 2.33. The highest BCUT2D eigenvalue weighted by Crippen LogP contribution is 2.23. The minimum absolute atomic E-state index is 0.117. The molecule has 130 valence electrons. The Hall–Kier alpha value is -1.69. The fourth-order valence-corrected chi connectivity index (χ4v) is 2.21. The van der Waals surface area contributed by atoms with E-state index in [-0.39, 0.29) is 17.8 Å². The second-order valence-corrected chi connectivity index (χ2v) is 6.94. The quantitative estimate of drug-likeness (QED) is 0.410. The summed E-state index contributed by atoms with van der Waals surface area (Å²) in [7, 11) is 0. The van der Waals surface area contributed by atoms with E-state index < -0.39 is 12.0 Å². The molecule has 0 aromatic heterocycles.